The predicted octanol–water partition coefficient (Wildman–Crippen LogP) is 2.92. The Balaban J connectivity index is 2.16. The van der Waals surface area contributed by atoms with Gasteiger partial charge in [0.2, 0.25) is 10.0 Å². The van der Waals surface area contributed by atoms with Crippen LogP contribution >= 0.6 is 0 Å². The Morgan fingerprint density at radius 1 is 0.950 bits per heavy atom. The Morgan fingerprint density at radius 2 is 1.45 bits per heavy atom. The van der Waals surface area contributed by atoms with Crippen LogP contribution in [0.4, 0.5) is 0 Å². The van der Waals surface area contributed by atoms with Crippen LogP contribution in [0.15, 0.2) is 60.7 Å². The first-order chi connectivity index (χ1) is 9.49. The molecule has 2 aromatic rings. The summed E-state index contributed by atoms with van der Waals surface area (Å²) in [5, 5.41) is 0. The van der Waals surface area contributed by atoms with Gasteiger partial charge in [0.1, 0.15) is 4.75 Å². The zero-order chi connectivity index (χ0) is 14.4. The maximum atomic E-state index is 12.6. The van der Waals surface area contributed by atoms with E-state index in [4.69, 9.17) is 0 Å². The molecule has 0 saturated carbocycles. The van der Waals surface area contributed by atoms with Crippen molar-refractivity contribution in [2.24, 2.45) is 0 Å². The fourth-order valence-electron chi connectivity index (χ4n) is 3.12. The van der Waals surface area contributed by atoms with Crippen LogP contribution in [0.25, 0.3) is 0 Å². The average molecular weight is 287 g/mol. The fraction of sp³-hybridized carbons (Fsp3) is 0.250. The van der Waals surface area contributed by atoms with Crippen molar-refractivity contribution in [2.75, 3.05) is 7.05 Å². The van der Waals surface area contributed by atoms with E-state index in [1.807, 2.05) is 67.6 Å². The lowest BCUT2D eigenvalue weighted by molar-refractivity contribution is 0.223. The third-order valence-electron chi connectivity index (χ3n) is 4.26. The minimum atomic E-state index is -3.32. The topological polar surface area (TPSA) is 37.4 Å². The fourth-order valence-corrected chi connectivity index (χ4v) is 5.17. The molecule has 3 nitrogen and oxygen atoms in total. The second-order valence-corrected chi connectivity index (χ2v) is 7.68. The maximum absolute atomic E-state index is 12.6. The minimum absolute atomic E-state index is 0.156. The van der Waals surface area contributed by atoms with Gasteiger partial charge in [-0.3, -0.25) is 0 Å². The molecule has 2 atom stereocenters. The molecule has 0 unspecified atom stereocenters. The van der Waals surface area contributed by atoms with Crippen LogP contribution in [0.5, 0.6) is 0 Å². The molecule has 3 rings (SSSR count). The van der Waals surface area contributed by atoms with E-state index in [-0.39, 0.29) is 6.04 Å². The summed E-state index contributed by atoms with van der Waals surface area (Å²) >= 11 is 0. The monoisotopic (exact) mass is 287 g/mol. The summed E-state index contributed by atoms with van der Waals surface area (Å²) in [5.41, 5.74) is 1.86. The van der Waals surface area contributed by atoms with E-state index in [1.165, 1.54) is 4.31 Å². The zero-order valence-electron chi connectivity index (χ0n) is 11.5. The Morgan fingerprint density at radius 3 is 2.00 bits per heavy atom. The molecular formula is C16H17NO2S. The minimum Gasteiger partial charge on any atom is -0.211 e. The third-order valence-corrected chi connectivity index (χ3v) is 6.76. The first kappa shape index (κ1) is 13.3. The summed E-state index contributed by atoms with van der Waals surface area (Å²) < 4.78 is 25.7. The van der Waals surface area contributed by atoms with Gasteiger partial charge in [0.15, 0.2) is 0 Å². The normalized spacial score (nSPS) is 28.8. The average Bonchev–Trinajstić information content (AvgIpc) is 2.49. The molecule has 0 N–H and O–H groups in total. The second-order valence-electron chi connectivity index (χ2n) is 5.31. The molecular weight excluding hydrogens is 270 g/mol. The highest BCUT2D eigenvalue weighted by molar-refractivity contribution is 7.91. The lowest BCUT2D eigenvalue weighted by Gasteiger charge is -2.53. The number of hydrogen-bond donors (Lipinski definition) is 0. The van der Waals surface area contributed by atoms with Crippen molar-refractivity contribution in [1.29, 1.82) is 0 Å². The van der Waals surface area contributed by atoms with Gasteiger partial charge in [0.25, 0.3) is 0 Å². The molecule has 1 fully saturated rings. The Hall–Kier alpha value is -1.65. The van der Waals surface area contributed by atoms with Crippen molar-refractivity contribution < 1.29 is 8.42 Å². The van der Waals surface area contributed by atoms with Crippen molar-refractivity contribution in [1.82, 2.24) is 4.31 Å². The Bertz CT molecular complexity index is 713. The molecule has 0 radical (unpaired) electrons. The van der Waals surface area contributed by atoms with E-state index in [0.29, 0.717) is 0 Å². The Kier molecular flexibility index (Phi) is 2.96. The van der Waals surface area contributed by atoms with Gasteiger partial charge in [-0.15, -0.1) is 0 Å². The van der Waals surface area contributed by atoms with Gasteiger partial charge in [-0.1, -0.05) is 60.7 Å². The van der Waals surface area contributed by atoms with Crippen LogP contribution in [-0.4, -0.2) is 19.8 Å². The van der Waals surface area contributed by atoms with E-state index < -0.39 is 14.8 Å². The molecule has 20 heavy (non-hydrogen) atoms. The smallest absolute Gasteiger partial charge is 0.211 e. The van der Waals surface area contributed by atoms with E-state index in [2.05, 4.69) is 0 Å². The number of nitrogens with zero attached hydrogens (tertiary/aromatic N) is 1. The summed E-state index contributed by atoms with van der Waals surface area (Å²) in [4.78, 5) is 0. The van der Waals surface area contributed by atoms with Gasteiger partial charge < -0.3 is 0 Å². The first-order valence-corrected chi connectivity index (χ1v) is 8.01. The molecule has 0 aliphatic carbocycles. The molecule has 1 aliphatic rings. The van der Waals surface area contributed by atoms with Crippen LogP contribution in [0.2, 0.25) is 0 Å². The molecule has 1 heterocycles. The number of sulfonamides is 1. The molecule has 0 aromatic heterocycles. The highest BCUT2D eigenvalue weighted by Crippen LogP contribution is 2.55. The van der Waals surface area contributed by atoms with Crippen molar-refractivity contribution in [3.05, 3.63) is 71.8 Å². The summed E-state index contributed by atoms with van der Waals surface area (Å²) in [7, 11) is -1.67. The number of likely N-dealkylation sites (N-methyl/N-ethyl adjacent to an activating group) is 1. The van der Waals surface area contributed by atoms with Crippen molar-refractivity contribution >= 4 is 10.0 Å². The first-order valence-electron chi connectivity index (χ1n) is 6.57. The summed E-state index contributed by atoms with van der Waals surface area (Å²) in [6.45, 7) is 1.81. The van der Waals surface area contributed by atoms with Gasteiger partial charge in [0, 0.05) is 7.05 Å². The highest BCUT2D eigenvalue weighted by Gasteiger charge is 2.62. The van der Waals surface area contributed by atoms with Crippen LogP contribution < -0.4 is 0 Å². The van der Waals surface area contributed by atoms with Gasteiger partial charge in [0.05, 0.1) is 6.04 Å². The van der Waals surface area contributed by atoms with Crippen molar-refractivity contribution in [3.63, 3.8) is 0 Å². The maximum Gasteiger partial charge on any atom is 0.226 e. The summed E-state index contributed by atoms with van der Waals surface area (Å²) in [6.07, 6.45) is 0. The lowest BCUT2D eigenvalue weighted by Crippen LogP contribution is -2.62. The Labute approximate surface area is 119 Å². The molecule has 2 aromatic carbocycles. The molecule has 0 bridgehead atoms. The third kappa shape index (κ3) is 1.58. The number of benzene rings is 2. The quantitative estimate of drug-likeness (QED) is 0.851. The van der Waals surface area contributed by atoms with Crippen LogP contribution in [0.1, 0.15) is 24.1 Å². The summed E-state index contributed by atoms with van der Waals surface area (Å²) in [5.74, 6) is 0. The summed E-state index contributed by atoms with van der Waals surface area (Å²) in [6, 6.07) is 19.1. The SMILES string of the molecule is CN1[C@@H](c2ccccc2)[C@@](C)(c2ccccc2)S1(=O)=O. The highest BCUT2D eigenvalue weighted by atomic mass is 32.2. The van der Waals surface area contributed by atoms with Gasteiger partial charge in [-0.05, 0) is 18.1 Å². The number of hydrogen-bond acceptors (Lipinski definition) is 2. The van der Waals surface area contributed by atoms with Gasteiger partial charge >= 0.3 is 0 Å². The van der Waals surface area contributed by atoms with E-state index in [0.717, 1.165) is 11.1 Å². The van der Waals surface area contributed by atoms with E-state index in [9.17, 15) is 8.42 Å². The van der Waals surface area contributed by atoms with Crippen LogP contribution in [-0.2, 0) is 14.8 Å². The zero-order valence-corrected chi connectivity index (χ0v) is 12.3. The molecule has 1 saturated heterocycles. The molecule has 0 spiro atoms. The van der Waals surface area contributed by atoms with Crippen molar-refractivity contribution in [3.8, 4) is 0 Å². The van der Waals surface area contributed by atoms with Crippen LogP contribution in [0.3, 0.4) is 0 Å². The molecule has 4 heteroatoms. The standard InChI is InChI=1S/C16H17NO2S/c1-16(14-11-7-4-8-12-14)15(17(2)20(16,18)19)13-9-5-3-6-10-13/h3-12,15H,1-2H3/t15-,16+/m0/s1. The molecule has 1 aliphatic heterocycles. The van der Waals surface area contributed by atoms with Crippen LogP contribution in [0, 0.1) is 0 Å². The van der Waals surface area contributed by atoms with E-state index >= 15 is 0 Å². The van der Waals surface area contributed by atoms with Crippen molar-refractivity contribution in [2.45, 2.75) is 17.7 Å². The largest absolute Gasteiger partial charge is 0.226 e. The lowest BCUT2D eigenvalue weighted by atomic mass is 9.87. The number of rotatable bonds is 2. The van der Waals surface area contributed by atoms with E-state index in [1.54, 1.807) is 7.05 Å². The van der Waals surface area contributed by atoms with Gasteiger partial charge in [-0.2, -0.15) is 4.31 Å². The van der Waals surface area contributed by atoms with Gasteiger partial charge in [-0.25, -0.2) is 8.42 Å². The molecule has 0 amide bonds. The predicted molar refractivity (Wildman–Crippen MR) is 79.7 cm³/mol. The second kappa shape index (κ2) is 4.43. The molecule has 104 valence electrons.